The number of aryl methyl sites for hydroxylation is 1. The molecule has 1 aromatic heterocycles. The van der Waals surface area contributed by atoms with Gasteiger partial charge in [0.25, 0.3) is 5.91 Å². The second kappa shape index (κ2) is 6.51. The van der Waals surface area contributed by atoms with Crippen molar-refractivity contribution in [2.24, 2.45) is 0 Å². The molecule has 0 aliphatic heterocycles. The number of hydrogen-bond donors (Lipinski definition) is 1. The summed E-state index contributed by atoms with van der Waals surface area (Å²) in [5.74, 6) is 1.71. The highest BCUT2D eigenvalue weighted by Gasteiger charge is 2.09. The van der Waals surface area contributed by atoms with Crippen LogP contribution in [0, 0.1) is 0 Å². The number of amides is 1. The third-order valence-corrected chi connectivity index (χ3v) is 2.35. The Morgan fingerprint density at radius 2 is 2.27 bits per heavy atom. The van der Waals surface area contributed by atoms with Crippen molar-refractivity contribution in [3.05, 3.63) is 23.7 Å². The lowest BCUT2D eigenvalue weighted by molar-refractivity contribution is 0.0924. The summed E-state index contributed by atoms with van der Waals surface area (Å²) in [5, 5.41) is 2.78. The first-order valence-electron chi connectivity index (χ1n) is 5.20. The molecule has 1 heterocycles. The molecule has 1 N–H and O–H groups in total. The number of nitrogens with one attached hydrogen (secondary N) is 1. The number of alkyl halides is 1. The summed E-state index contributed by atoms with van der Waals surface area (Å²) in [6.07, 6.45) is 2.62. The lowest BCUT2D eigenvalue weighted by Gasteiger charge is -2.01. The molecule has 0 aliphatic carbocycles. The standard InChI is InChI=1S/C11H16ClNO2/c1-2-9-5-6-10(15-9)11(14)13-8-4-3-7-12/h5-6H,2-4,7-8H2,1H3,(H,13,14). The third kappa shape index (κ3) is 3.96. The van der Waals surface area contributed by atoms with Gasteiger partial charge in [-0.1, -0.05) is 6.92 Å². The summed E-state index contributed by atoms with van der Waals surface area (Å²) < 4.78 is 5.31. The number of hydrogen-bond acceptors (Lipinski definition) is 2. The van der Waals surface area contributed by atoms with E-state index in [9.17, 15) is 4.79 Å². The number of furan rings is 1. The predicted octanol–water partition coefficient (Wildman–Crippen LogP) is 2.59. The van der Waals surface area contributed by atoms with E-state index < -0.39 is 0 Å². The van der Waals surface area contributed by atoms with E-state index in [4.69, 9.17) is 16.0 Å². The molecule has 0 atom stereocenters. The Kier molecular flexibility index (Phi) is 5.26. The summed E-state index contributed by atoms with van der Waals surface area (Å²) in [7, 11) is 0. The second-order valence-corrected chi connectivity index (χ2v) is 3.65. The number of carbonyl (C=O) groups excluding carboxylic acids is 1. The Morgan fingerprint density at radius 3 is 2.87 bits per heavy atom. The molecular formula is C11H16ClNO2. The maximum atomic E-state index is 11.5. The van der Waals surface area contributed by atoms with Gasteiger partial charge in [-0.3, -0.25) is 4.79 Å². The van der Waals surface area contributed by atoms with Crippen LogP contribution in [0.4, 0.5) is 0 Å². The van der Waals surface area contributed by atoms with E-state index >= 15 is 0 Å². The summed E-state index contributed by atoms with van der Waals surface area (Å²) in [6, 6.07) is 3.53. The SMILES string of the molecule is CCc1ccc(C(=O)NCCCCCl)o1. The van der Waals surface area contributed by atoms with Crippen LogP contribution >= 0.6 is 11.6 Å². The molecule has 0 bridgehead atoms. The summed E-state index contributed by atoms with van der Waals surface area (Å²) in [4.78, 5) is 11.5. The highest BCUT2D eigenvalue weighted by Crippen LogP contribution is 2.07. The van der Waals surface area contributed by atoms with Crippen molar-refractivity contribution in [1.82, 2.24) is 5.32 Å². The van der Waals surface area contributed by atoms with E-state index in [0.29, 0.717) is 18.2 Å². The molecular weight excluding hydrogens is 214 g/mol. The second-order valence-electron chi connectivity index (χ2n) is 3.27. The average molecular weight is 230 g/mol. The van der Waals surface area contributed by atoms with Crippen molar-refractivity contribution in [2.45, 2.75) is 26.2 Å². The molecule has 84 valence electrons. The summed E-state index contributed by atoms with van der Waals surface area (Å²) >= 11 is 5.52. The first kappa shape index (κ1) is 12.1. The molecule has 0 fully saturated rings. The van der Waals surface area contributed by atoms with Gasteiger partial charge < -0.3 is 9.73 Å². The fourth-order valence-corrected chi connectivity index (χ4v) is 1.39. The van der Waals surface area contributed by atoms with Gasteiger partial charge >= 0.3 is 0 Å². The summed E-state index contributed by atoms with van der Waals surface area (Å²) in [6.45, 7) is 2.63. The topological polar surface area (TPSA) is 42.2 Å². The Morgan fingerprint density at radius 1 is 1.47 bits per heavy atom. The van der Waals surface area contributed by atoms with Crippen LogP contribution in [-0.2, 0) is 6.42 Å². The van der Waals surface area contributed by atoms with Gasteiger partial charge in [-0.05, 0) is 25.0 Å². The minimum atomic E-state index is -0.149. The third-order valence-electron chi connectivity index (χ3n) is 2.08. The lowest BCUT2D eigenvalue weighted by Crippen LogP contribution is -2.23. The Hall–Kier alpha value is -0.960. The molecule has 15 heavy (non-hydrogen) atoms. The zero-order chi connectivity index (χ0) is 11.1. The van der Waals surface area contributed by atoms with Crippen LogP contribution < -0.4 is 5.32 Å². The van der Waals surface area contributed by atoms with E-state index in [2.05, 4.69) is 5.32 Å². The van der Waals surface area contributed by atoms with Crippen LogP contribution in [0.1, 0.15) is 36.1 Å². The van der Waals surface area contributed by atoms with E-state index in [0.717, 1.165) is 25.0 Å². The van der Waals surface area contributed by atoms with Gasteiger partial charge in [0, 0.05) is 18.8 Å². The van der Waals surface area contributed by atoms with Crippen LogP contribution in [-0.4, -0.2) is 18.3 Å². The first-order valence-corrected chi connectivity index (χ1v) is 5.74. The number of carbonyl (C=O) groups is 1. The van der Waals surface area contributed by atoms with Crippen LogP contribution in [0.3, 0.4) is 0 Å². The zero-order valence-corrected chi connectivity index (χ0v) is 9.64. The van der Waals surface area contributed by atoms with Crippen molar-refractivity contribution >= 4 is 17.5 Å². The van der Waals surface area contributed by atoms with Gasteiger partial charge in [-0.15, -0.1) is 11.6 Å². The van der Waals surface area contributed by atoms with Crippen LogP contribution in [0.25, 0.3) is 0 Å². The van der Waals surface area contributed by atoms with Gasteiger partial charge in [0.2, 0.25) is 0 Å². The fourth-order valence-electron chi connectivity index (χ4n) is 1.20. The average Bonchev–Trinajstić information content (AvgIpc) is 2.72. The number of unbranched alkanes of at least 4 members (excludes halogenated alkanes) is 1. The van der Waals surface area contributed by atoms with Crippen molar-refractivity contribution in [3.8, 4) is 0 Å². The van der Waals surface area contributed by atoms with Gasteiger partial charge in [0.1, 0.15) is 5.76 Å². The van der Waals surface area contributed by atoms with Crippen molar-refractivity contribution in [3.63, 3.8) is 0 Å². The predicted molar refractivity (Wildman–Crippen MR) is 60.4 cm³/mol. The molecule has 1 rings (SSSR count). The number of halogens is 1. The van der Waals surface area contributed by atoms with Crippen molar-refractivity contribution in [1.29, 1.82) is 0 Å². The molecule has 0 radical (unpaired) electrons. The van der Waals surface area contributed by atoms with Crippen LogP contribution in [0.2, 0.25) is 0 Å². The van der Waals surface area contributed by atoms with Crippen molar-refractivity contribution < 1.29 is 9.21 Å². The number of rotatable bonds is 6. The van der Waals surface area contributed by atoms with E-state index in [1.54, 1.807) is 6.07 Å². The molecule has 0 saturated carbocycles. The quantitative estimate of drug-likeness (QED) is 0.602. The van der Waals surface area contributed by atoms with Crippen LogP contribution in [0.15, 0.2) is 16.5 Å². The Labute approximate surface area is 94.8 Å². The molecule has 0 unspecified atom stereocenters. The molecule has 1 amide bonds. The van der Waals surface area contributed by atoms with E-state index in [1.165, 1.54) is 0 Å². The molecule has 4 heteroatoms. The maximum absolute atomic E-state index is 11.5. The fraction of sp³-hybridized carbons (Fsp3) is 0.545. The highest BCUT2D eigenvalue weighted by molar-refractivity contribution is 6.17. The van der Waals surface area contributed by atoms with Gasteiger partial charge in [0.05, 0.1) is 0 Å². The normalized spacial score (nSPS) is 10.3. The van der Waals surface area contributed by atoms with Gasteiger partial charge in [0.15, 0.2) is 5.76 Å². The molecule has 1 aromatic rings. The Bertz CT molecular complexity index is 309. The minimum Gasteiger partial charge on any atom is -0.456 e. The minimum absolute atomic E-state index is 0.149. The zero-order valence-electron chi connectivity index (χ0n) is 8.88. The largest absolute Gasteiger partial charge is 0.456 e. The molecule has 0 saturated heterocycles. The summed E-state index contributed by atoms with van der Waals surface area (Å²) in [5.41, 5.74) is 0. The molecule has 0 aromatic carbocycles. The highest BCUT2D eigenvalue weighted by atomic mass is 35.5. The Balaban J connectivity index is 2.33. The first-order chi connectivity index (χ1) is 7.27. The van der Waals surface area contributed by atoms with E-state index in [1.807, 2.05) is 13.0 Å². The maximum Gasteiger partial charge on any atom is 0.286 e. The van der Waals surface area contributed by atoms with Gasteiger partial charge in [-0.25, -0.2) is 0 Å². The molecule has 3 nitrogen and oxygen atoms in total. The monoisotopic (exact) mass is 229 g/mol. The van der Waals surface area contributed by atoms with Gasteiger partial charge in [-0.2, -0.15) is 0 Å². The van der Waals surface area contributed by atoms with Crippen molar-refractivity contribution in [2.75, 3.05) is 12.4 Å². The molecule has 0 spiro atoms. The smallest absolute Gasteiger partial charge is 0.286 e. The molecule has 0 aliphatic rings. The van der Waals surface area contributed by atoms with E-state index in [-0.39, 0.29) is 5.91 Å². The van der Waals surface area contributed by atoms with Crippen LogP contribution in [0.5, 0.6) is 0 Å². The lowest BCUT2D eigenvalue weighted by atomic mass is 10.3.